The van der Waals surface area contributed by atoms with Gasteiger partial charge >= 0.3 is 5.97 Å². The second kappa shape index (κ2) is 7.01. The number of aryl methyl sites for hydroxylation is 1. The number of carbonyl (C=O) groups excluding carboxylic acids is 2. The average molecular weight is 270 g/mol. The van der Waals surface area contributed by atoms with E-state index in [9.17, 15) is 9.59 Å². The summed E-state index contributed by atoms with van der Waals surface area (Å²) in [5, 5.41) is 3.26. The third-order valence-corrected chi connectivity index (χ3v) is 2.59. The van der Waals surface area contributed by atoms with Gasteiger partial charge in [0, 0.05) is 17.1 Å². The summed E-state index contributed by atoms with van der Waals surface area (Å²) in [5.74, 6) is -0.529. The standard InChI is InChI=1S/C13H16ClNO3/c1-3-18-12(16)6-7-15-13(17)11-5-4-10(14)8-9(11)2/h4-5,8H,3,6-7H2,1-2H3,(H,15,17). The molecule has 4 nitrogen and oxygen atoms in total. The highest BCUT2D eigenvalue weighted by molar-refractivity contribution is 6.30. The first-order valence-corrected chi connectivity index (χ1v) is 6.12. The Kier molecular flexibility index (Phi) is 5.65. The van der Waals surface area contributed by atoms with Crippen molar-refractivity contribution >= 4 is 23.5 Å². The molecule has 0 bridgehead atoms. The lowest BCUT2D eigenvalue weighted by atomic mass is 10.1. The van der Waals surface area contributed by atoms with E-state index >= 15 is 0 Å². The Morgan fingerprint density at radius 3 is 2.72 bits per heavy atom. The number of hydrogen-bond donors (Lipinski definition) is 1. The predicted octanol–water partition coefficient (Wildman–Crippen LogP) is 2.33. The number of rotatable bonds is 5. The monoisotopic (exact) mass is 269 g/mol. The van der Waals surface area contributed by atoms with Crippen LogP contribution in [-0.2, 0) is 9.53 Å². The molecule has 1 aromatic rings. The highest BCUT2D eigenvalue weighted by Crippen LogP contribution is 2.14. The van der Waals surface area contributed by atoms with Gasteiger partial charge in [0.25, 0.3) is 5.91 Å². The normalized spacial score (nSPS) is 9.94. The summed E-state index contributed by atoms with van der Waals surface area (Å²) >= 11 is 5.81. The fraction of sp³-hybridized carbons (Fsp3) is 0.385. The van der Waals surface area contributed by atoms with E-state index in [1.165, 1.54) is 0 Å². The Hall–Kier alpha value is -1.55. The van der Waals surface area contributed by atoms with Crippen LogP contribution in [0.1, 0.15) is 29.3 Å². The molecular formula is C13H16ClNO3. The molecule has 0 aliphatic heterocycles. The Labute approximate surface area is 111 Å². The molecule has 0 aromatic heterocycles. The molecule has 1 amide bonds. The highest BCUT2D eigenvalue weighted by atomic mass is 35.5. The Morgan fingerprint density at radius 1 is 1.39 bits per heavy atom. The van der Waals surface area contributed by atoms with Gasteiger partial charge in [0.2, 0.25) is 0 Å². The van der Waals surface area contributed by atoms with Crippen molar-refractivity contribution in [2.45, 2.75) is 20.3 Å². The molecule has 0 atom stereocenters. The fourth-order valence-corrected chi connectivity index (χ4v) is 1.71. The molecule has 5 heteroatoms. The van der Waals surface area contributed by atoms with Crippen LogP contribution in [0.3, 0.4) is 0 Å². The van der Waals surface area contributed by atoms with E-state index in [4.69, 9.17) is 16.3 Å². The maximum absolute atomic E-state index is 11.8. The topological polar surface area (TPSA) is 55.4 Å². The SMILES string of the molecule is CCOC(=O)CCNC(=O)c1ccc(Cl)cc1C. The van der Waals surface area contributed by atoms with Crippen LogP contribution in [0, 0.1) is 6.92 Å². The van der Waals surface area contributed by atoms with Gasteiger partial charge in [-0.3, -0.25) is 9.59 Å². The van der Waals surface area contributed by atoms with E-state index in [0.29, 0.717) is 17.2 Å². The predicted molar refractivity (Wildman–Crippen MR) is 69.8 cm³/mol. The van der Waals surface area contributed by atoms with Gasteiger partial charge in [0.1, 0.15) is 0 Å². The highest BCUT2D eigenvalue weighted by Gasteiger charge is 2.09. The summed E-state index contributed by atoms with van der Waals surface area (Å²) in [5.41, 5.74) is 1.36. The van der Waals surface area contributed by atoms with Crippen LogP contribution in [0.15, 0.2) is 18.2 Å². The fourth-order valence-electron chi connectivity index (χ4n) is 1.49. The lowest BCUT2D eigenvalue weighted by Gasteiger charge is -2.07. The molecule has 0 fully saturated rings. The van der Waals surface area contributed by atoms with Gasteiger partial charge in [0.05, 0.1) is 13.0 Å². The smallest absolute Gasteiger partial charge is 0.307 e. The van der Waals surface area contributed by atoms with Crippen molar-refractivity contribution in [1.29, 1.82) is 0 Å². The number of benzene rings is 1. The first kappa shape index (κ1) is 14.5. The van der Waals surface area contributed by atoms with Gasteiger partial charge in [-0.25, -0.2) is 0 Å². The Balaban J connectivity index is 2.48. The quantitative estimate of drug-likeness (QED) is 0.835. The number of nitrogens with one attached hydrogen (secondary N) is 1. The summed E-state index contributed by atoms with van der Waals surface area (Å²) in [7, 11) is 0. The van der Waals surface area contributed by atoms with Crippen molar-refractivity contribution in [3.8, 4) is 0 Å². The molecule has 0 aliphatic carbocycles. The van der Waals surface area contributed by atoms with E-state index < -0.39 is 0 Å². The molecular weight excluding hydrogens is 254 g/mol. The Morgan fingerprint density at radius 2 is 2.11 bits per heavy atom. The molecule has 0 saturated heterocycles. The molecule has 0 aliphatic rings. The van der Waals surface area contributed by atoms with Crippen LogP contribution < -0.4 is 5.32 Å². The lowest BCUT2D eigenvalue weighted by molar-refractivity contribution is -0.142. The lowest BCUT2D eigenvalue weighted by Crippen LogP contribution is -2.27. The third-order valence-electron chi connectivity index (χ3n) is 2.35. The van der Waals surface area contributed by atoms with Gasteiger partial charge < -0.3 is 10.1 Å². The van der Waals surface area contributed by atoms with E-state index in [-0.39, 0.29) is 24.8 Å². The summed E-state index contributed by atoms with van der Waals surface area (Å²) in [6.07, 6.45) is 0.173. The minimum Gasteiger partial charge on any atom is -0.466 e. The molecule has 0 unspecified atom stereocenters. The maximum atomic E-state index is 11.8. The van der Waals surface area contributed by atoms with E-state index in [1.807, 2.05) is 6.92 Å². The van der Waals surface area contributed by atoms with Crippen LogP contribution in [0.2, 0.25) is 5.02 Å². The first-order valence-electron chi connectivity index (χ1n) is 5.74. The van der Waals surface area contributed by atoms with Crippen molar-refractivity contribution in [2.75, 3.05) is 13.2 Å². The number of ether oxygens (including phenoxy) is 1. The summed E-state index contributed by atoms with van der Waals surface area (Å²) in [4.78, 5) is 22.9. The maximum Gasteiger partial charge on any atom is 0.307 e. The largest absolute Gasteiger partial charge is 0.466 e. The molecule has 1 N–H and O–H groups in total. The summed E-state index contributed by atoms with van der Waals surface area (Å²) in [6.45, 7) is 4.17. The van der Waals surface area contributed by atoms with Crippen LogP contribution >= 0.6 is 11.6 Å². The second-order valence-electron chi connectivity index (χ2n) is 3.77. The molecule has 0 spiro atoms. The zero-order valence-electron chi connectivity index (χ0n) is 10.5. The molecule has 0 radical (unpaired) electrons. The molecule has 1 rings (SSSR count). The van der Waals surface area contributed by atoms with Crippen LogP contribution in [-0.4, -0.2) is 25.0 Å². The number of carbonyl (C=O) groups is 2. The van der Waals surface area contributed by atoms with E-state index in [1.54, 1.807) is 25.1 Å². The number of esters is 1. The number of halogens is 1. The van der Waals surface area contributed by atoms with Crippen LogP contribution in [0.25, 0.3) is 0 Å². The van der Waals surface area contributed by atoms with Crippen molar-refractivity contribution < 1.29 is 14.3 Å². The van der Waals surface area contributed by atoms with Crippen LogP contribution in [0.5, 0.6) is 0 Å². The minimum atomic E-state index is -0.314. The second-order valence-corrected chi connectivity index (χ2v) is 4.21. The van der Waals surface area contributed by atoms with E-state index in [2.05, 4.69) is 5.32 Å². The number of amides is 1. The van der Waals surface area contributed by atoms with Crippen LogP contribution in [0.4, 0.5) is 0 Å². The first-order chi connectivity index (χ1) is 8.54. The molecule has 0 saturated carbocycles. The summed E-state index contributed by atoms with van der Waals surface area (Å²) < 4.78 is 4.76. The summed E-state index contributed by atoms with van der Waals surface area (Å²) in [6, 6.07) is 5.05. The van der Waals surface area contributed by atoms with Crippen molar-refractivity contribution in [2.24, 2.45) is 0 Å². The van der Waals surface area contributed by atoms with Crippen molar-refractivity contribution in [3.05, 3.63) is 34.3 Å². The zero-order valence-corrected chi connectivity index (χ0v) is 11.2. The zero-order chi connectivity index (χ0) is 13.5. The third kappa shape index (κ3) is 4.37. The molecule has 1 aromatic carbocycles. The average Bonchev–Trinajstić information content (AvgIpc) is 2.29. The molecule has 18 heavy (non-hydrogen) atoms. The Bertz CT molecular complexity index is 446. The molecule has 98 valence electrons. The van der Waals surface area contributed by atoms with Gasteiger partial charge in [0.15, 0.2) is 0 Å². The van der Waals surface area contributed by atoms with Gasteiger partial charge in [-0.1, -0.05) is 11.6 Å². The van der Waals surface area contributed by atoms with Crippen molar-refractivity contribution in [1.82, 2.24) is 5.32 Å². The molecule has 0 heterocycles. The minimum absolute atomic E-state index is 0.173. The van der Waals surface area contributed by atoms with Crippen molar-refractivity contribution in [3.63, 3.8) is 0 Å². The van der Waals surface area contributed by atoms with E-state index in [0.717, 1.165) is 5.56 Å². The van der Waals surface area contributed by atoms with Gasteiger partial charge in [-0.05, 0) is 37.6 Å². The van der Waals surface area contributed by atoms with Gasteiger partial charge in [-0.15, -0.1) is 0 Å². The van der Waals surface area contributed by atoms with Gasteiger partial charge in [-0.2, -0.15) is 0 Å². The number of hydrogen-bond acceptors (Lipinski definition) is 3.